The van der Waals surface area contributed by atoms with Crippen molar-refractivity contribution in [3.8, 4) is 0 Å². The van der Waals surface area contributed by atoms with E-state index in [1.54, 1.807) is 6.08 Å². The molecule has 0 bridgehead atoms. The summed E-state index contributed by atoms with van der Waals surface area (Å²) in [6, 6.07) is 8.00. The van der Waals surface area contributed by atoms with Gasteiger partial charge in [-0.15, -0.1) is 0 Å². The Kier molecular flexibility index (Phi) is 5.67. The molecule has 1 N–H and O–H groups in total. The lowest BCUT2D eigenvalue weighted by atomic mass is 10.1. The van der Waals surface area contributed by atoms with Gasteiger partial charge in [0.05, 0.1) is 26.4 Å². The molecule has 3 rings (SSSR count). The molecule has 1 unspecified atom stereocenters. The number of aliphatic carboxylic acids is 1. The number of nitrogens with zero attached hydrogens (tertiary/aromatic N) is 2. The predicted octanol–water partition coefficient (Wildman–Crippen LogP) is 0.848. The average molecular weight is 346 g/mol. The highest BCUT2D eigenvalue weighted by Crippen LogP contribution is 2.17. The van der Waals surface area contributed by atoms with Crippen LogP contribution in [0.25, 0.3) is 6.08 Å². The van der Waals surface area contributed by atoms with Gasteiger partial charge in [-0.1, -0.05) is 12.1 Å². The molecule has 2 heterocycles. The largest absolute Gasteiger partial charge is 0.479 e. The number of morpholine rings is 2. The van der Waals surface area contributed by atoms with Crippen LogP contribution in [0.4, 0.5) is 5.69 Å². The number of carbonyl (C=O) groups excluding carboxylic acids is 1. The van der Waals surface area contributed by atoms with Crippen LogP contribution in [0.1, 0.15) is 5.56 Å². The zero-order valence-corrected chi connectivity index (χ0v) is 14.0. The first-order chi connectivity index (χ1) is 12.1. The van der Waals surface area contributed by atoms with Crippen molar-refractivity contribution in [2.24, 2.45) is 0 Å². The van der Waals surface area contributed by atoms with Crippen molar-refractivity contribution in [3.05, 3.63) is 35.9 Å². The summed E-state index contributed by atoms with van der Waals surface area (Å²) in [4.78, 5) is 27.0. The van der Waals surface area contributed by atoms with E-state index in [1.165, 1.54) is 11.0 Å². The maximum atomic E-state index is 12.2. The molecule has 7 heteroatoms. The van der Waals surface area contributed by atoms with Gasteiger partial charge in [-0.25, -0.2) is 4.79 Å². The molecule has 1 atom stereocenters. The first kappa shape index (κ1) is 17.4. The molecule has 0 spiro atoms. The van der Waals surface area contributed by atoms with Crippen molar-refractivity contribution in [3.63, 3.8) is 0 Å². The smallest absolute Gasteiger partial charge is 0.334 e. The molecule has 2 fully saturated rings. The van der Waals surface area contributed by atoms with E-state index in [1.807, 2.05) is 24.3 Å². The summed E-state index contributed by atoms with van der Waals surface area (Å²) in [6.45, 7) is 3.98. The molecule has 1 aromatic carbocycles. The second kappa shape index (κ2) is 8.13. The van der Waals surface area contributed by atoms with E-state index < -0.39 is 12.1 Å². The number of anilines is 1. The second-order valence-corrected chi connectivity index (χ2v) is 6.01. The molecule has 1 aromatic rings. The summed E-state index contributed by atoms with van der Waals surface area (Å²) in [7, 11) is 0. The third-order valence-electron chi connectivity index (χ3n) is 4.34. The normalized spacial score (nSPS) is 21.5. The van der Waals surface area contributed by atoms with Crippen LogP contribution in [0.2, 0.25) is 0 Å². The predicted molar refractivity (Wildman–Crippen MR) is 92.5 cm³/mol. The first-order valence-corrected chi connectivity index (χ1v) is 8.37. The van der Waals surface area contributed by atoms with Crippen LogP contribution >= 0.6 is 0 Å². The fraction of sp³-hybridized carbons (Fsp3) is 0.444. The lowest BCUT2D eigenvalue weighted by Crippen LogP contribution is -2.48. The number of amides is 1. The van der Waals surface area contributed by atoms with Crippen LogP contribution in [-0.4, -0.2) is 74.0 Å². The highest BCUT2D eigenvalue weighted by atomic mass is 16.5. The van der Waals surface area contributed by atoms with E-state index in [0.29, 0.717) is 6.54 Å². The van der Waals surface area contributed by atoms with Crippen molar-refractivity contribution < 1.29 is 24.2 Å². The van der Waals surface area contributed by atoms with Gasteiger partial charge in [0, 0.05) is 31.4 Å². The molecule has 134 valence electrons. The average Bonchev–Trinajstić information content (AvgIpc) is 2.67. The van der Waals surface area contributed by atoms with Crippen LogP contribution in [0.3, 0.4) is 0 Å². The van der Waals surface area contributed by atoms with E-state index in [0.717, 1.165) is 37.6 Å². The molecule has 25 heavy (non-hydrogen) atoms. The lowest BCUT2D eigenvalue weighted by molar-refractivity contribution is -0.158. The number of benzene rings is 1. The number of hydrogen-bond acceptors (Lipinski definition) is 5. The Labute approximate surface area is 146 Å². The lowest BCUT2D eigenvalue weighted by Gasteiger charge is -2.30. The fourth-order valence-electron chi connectivity index (χ4n) is 2.89. The maximum absolute atomic E-state index is 12.2. The van der Waals surface area contributed by atoms with Crippen molar-refractivity contribution in [2.75, 3.05) is 50.9 Å². The molecule has 0 radical (unpaired) electrons. The SMILES string of the molecule is O=C(O)C1CN(C(=O)C=Cc2ccc(N3CCOCC3)cc2)CCO1. The van der Waals surface area contributed by atoms with E-state index in [4.69, 9.17) is 14.6 Å². The Morgan fingerprint density at radius 3 is 2.48 bits per heavy atom. The Balaban J connectivity index is 1.57. The monoisotopic (exact) mass is 346 g/mol. The first-order valence-electron chi connectivity index (χ1n) is 8.37. The maximum Gasteiger partial charge on any atom is 0.334 e. The van der Waals surface area contributed by atoms with E-state index in [-0.39, 0.29) is 19.1 Å². The fourth-order valence-corrected chi connectivity index (χ4v) is 2.89. The van der Waals surface area contributed by atoms with E-state index in [2.05, 4.69) is 4.90 Å². The highest BCUT2D eigenvalue weighted by molar-refractivity contribution is 5.92. The molecular formula is C18H22N2O5. The van der Waals surface area contributed by atoms with Crippen LogP contribution in [0.15, 0.2) is 30.3 Å². The van der Waals surface area contributed by atoms with Crippen molar-refractivity contribution in [2.45, 2.75) is 6.10 Å². The van der Waals surface area contributed by atoms with Gasteiger partial charge in [0.25, 0.3) is 0 Å². The van der Waals surface area contributed by atoms with E-state index in [9.17, 15) is 9.59 Å². The Hall–Kier alpha value is -2.38. The number of carbonyl (C=O) groups is 2. The van der Waals surface area contributed by atoms with Crippen LogP contribution in [0.5, 0.6) is 0 Å². The summed E-state index contributed by atoms with van der Waals surface area (Å²) < 4.78 is 10.5. The summed E-state index contributed by atoms with van der Waals surface area (Å²) in [5.41, 5.74) is 2.07. The van der Waals surface area contributed by atoms with Gasteiger partial charge in [-0.3, -0.25) is 4.79 Å². The van der Waals surface area contributed by atoms with Gasteiger partial charge in [0.2, 0.25) is 5.91 Å². The summed E-state index contributed by atoms with van der Waals surface area (Å²) >= 11 is 0. The standard InChI is InChI=1S/C18H22N2O5/c21-17(20-9-12-25-16(13-20)18(22)23)6-3-14-1-4-15(5-2-14)19-7-10-24-11-8-19/h1-6,16H,7-13H2,(H,22,23). The highest BCUT2D eigenvalue weighted by Gasteiger charge is 2.27. The van der Waals surface area contributed by atoms with E-state index >= 15 is 0 Å². The van der Waals surface area contributed by atoms with Gasteiger partial charge < -0.3 is 24.4 Å². The molecule has 0 aliphatic carbocycles. The summed E-state index contributed by atoms with van der Waals surface area (Å²) in [6.07, 6.45) is 2.28. The summed E-state index contributed by atoms with van der Waals surface area (Å²) in [5.74, 6) is -1.24. The minimum atomic E-state index is -1.04. The Morgan fingerprint density at radius 1 is 1.08 bits per heavy atom. The Bertz CT molecular complexity index is 637. The zero-order chi connectivity index (χ0) is 17.6. The summed E-state index contributed by atoms with van der Waals surface area (Å²) in [5, 5.41) is 8.99. The second-order valence-electron chi connectivity index (χ2n) is 6.01. The molecule has 2 saturated heterocycles. The zero-order valence-electron chi connectivity index (χ0n) is 14.0. The number of carboxylic acids is 1. The molecule has 2 aliphatic heterocycles. The van der Waals surface area contributed by atoms with Crippen molar-refractivity contribution >= 4 is 23.6 Å². The minimum absolute atomic E-state index is 0.0779. The molecular weight excluding hydrogens is 324 g/mol. The molecule has 0 aromatic heterocycles. The number of rotatable bonds is 4. The quantitative estimate of drug-likeness (QED) is 0.814. The van der Waals surface area contributed by atoms with Crippen LogP contribution in [-0.2, 0) is 19.1 Å². The number of hydrogen-bond donors (Lipinski definition) is 1. The van der Waals surface area contributed by atoms with Crippen LogP contribution < -0.4 is 4.90 Å². The molecule has 1 amide bonds. The van der Waals surface area contributed by atoms with Gasteiger partial charge >= 0.3 is 5.97 Å². The van der Waals surface area contributed by atoms with Crippen LogP contribution in [0, 0.1) is 0 Å². The topological polar surface area (TPSA) is 79.3 Å². The van der Waals surface area contributed by atoms with Gasteiger partial charge in [-0.05, 0) is 23.8 Å². The third kappa shape index (κ3) is 4.58. The van der Waals surface area contributed by atoms with Gasteiger partial charge in [-0.2, -0.15) is 0 Å². The van der Waals surface area contributed by atoms with Crippen molar-refractivity contribution in [1.82, 2.24) is 4.90 Å². The van der Waals surface area contributed by atoms with Gasteiger partial charge in [0.15, 0.2) is 6.10 Å². The molecule has 2 aliphatic rings. The minimum Gasteiger partial charge on any atom is -0.479 e. The molecule has 0 saturated carbocycles. The van der Waals surface area contributed by atoms with Crippen molar-refractivity contribution in [1.29, 1.82) is 0 Å². The Morgan fingerprint density at radius 2 is 1.80 bits per heavy atom. The third-order valence-corrected chi connectivity index (χ3v) is 4.34. The van der Waals surface area contributed by atoms with Gasteiger partial charge in [0.1, 0.15) is 0 Å². The number of carboxylic acid groups (broad SMARTS) is 1. The number of ether oxygens (including phenoxy) is 2. The molecule has 7 nitrogen and oxygen atoms in total.